The second-order valence-electron chi connectivity index (χ2n) is 4.04. The first kappa shape index (κ1) is 12.7. The molecule has 1 aliphatic heterocycles. The SMILES string of the molecule is FC(F)(F)c1ccc(Cl)cc1CNC1CNC1. The molecule has 0 unspecified atom stereocenters. The van der Waals surface area contributed by atoms with Gasteiger partial charge in [-0.15, -0.1) is 0 Å². The molecule has 17 heavy (non-hydrogen) atoms. The van der Waals surface area contributed by atoms with E-state index in [0.29, 0.717) is 5.02 Å². The lowest BCUT2D eigenvalue weighted by molar-refractivity contribution is -0.138. The van der Waals surface area contributed by atoms with E-state index in [1.54, 1.807) is 0 Å². The Morgan fingerprint density at radius 2 is 2.06 bits per heavy atom. The second-order valence-corrected chi connectivity index (χ2v) is 4.47. The first-order valence-corrected chi connectivity index (χ1v) is 5.64. The highest BCUT2D eigenvalue weighted by atomic mass is 35.5. The Kier molecular flexibility index (Phi) is 3.61. The molecule has 1 heterocycles. The molecular weight excluding hydrogens is 253 g/mol. The van der Waals surface area contributed by atoms with Crippen LogP contribution in [0.3, 0.4) is 0 Å². The van der Waals surface area contributed by atoms with Crippen molar-refractivity contribution in [1.82, 2.24) is 10.6 Å². The monoisotopic (exact) mass is 264 g/mol. The van der Waals surface area contributed by atoms with Crippen molar-refractivity contribution in [2.75, 3.05) is 13.1 Å². The Morgan fingerprint density at radius 1 is 1.35 bits per heavy atom. The van der Waals surface area contributed by atoms with Gasteiger partial charge in [0.05, 0.1) is 5.56 Å². The predicted octanol–water partition coefficient (Wildman–Crippen LogP) is 2.42. The van der Waals surface area contributed by atoms with Gasteiger partial charge in [-0.2, -0.15) is 13.2 Å². The van der Waals surface area contributed by atoms with Crippen LogP contribution in [-0.4, -0.2) is 19.1 Å². The van der Waals surface area contributed by atoms with Gasteiger partial charge in [-0.05, 0) is 23.8 Å². The van der Waals surface area contributed by atoms with Crippen LogP contribution in [0.25, 0.3) is 0 Å². The van der Waals surface area contributed by atoms with Crippen molar-refractivity contribution in [2.24, 2.45) is 0 Å². The Balaban J connectivity index is 2.14. The van der Waals surface area contributed by atoms with Crippen LogP contribution >= 0.6 is 11.6 Å². The van der Waals surface area contributed by atoms with Crippen molar-refractivity contribution in [3.05, 3.63) is 34.3 Å². The van der Waals surface area contributed by atoms with Crippen molar-refractivity contribution >= 4 is 11.6 Å². The number of rotatable bonds is 3. The number of alkyl halides is 3. The first-order valence-electron chi connectivity index (χ1n) is 5.26. The third kappa shape index (κ3) is 3.12. The van der Waals surface area contributed by atoms with E-state index in [2.05, 4.69) is 10.6 Å². The zero-order valence-electron chi connectivity index (χ0n) is 8.94. The maximum atomic E-state index is 12.7. The highest BCUT2D eigenvalue weighted by Crippen LogP contribution is 2.33. The van der Waals surface area contributed by atoms with E-state index in [0.717, 1.165) is 19.2 Å². The summed E-state index contributed by atoms with van der Waals surface area (Å²) < 4.78 is 38.2. The van der Waals surface area contributed by atoms with Gasteiger partial charge < -0.3 is 10.6 Å². The van der Waals surface area contributed by atoms with Crippen molar-refractivity contribution < 1.29 is 13.2 Å². The van der Waals surface area contributed by atoms with Gasteiger partial charge in [0.15, 0.2) is 0 Å². The standard InChI is InChI=1S/C11H12ClF3N2/c12-8-1-2-10(11(13,14)15)7(3-8)4-17-9-5-16-6-9/h1-3,9,16-17H,4-6H2. The summed E-state index contributed by atoms with van der Waals surface area (Å²) in [5.41, 5.74) is -0.432. The highest BCUT2D eigenvalue weighted by Gasteiger charge is 2.33. The molecule has 0 aliphatic carbocycles. The van der Waals surface area contributed by atoms with Gasteiger partial charge in [0.1, 0.15) is 0 Å². The maximum Gasteiger partial charge on any atom is 0.416 e. The minimum absolute atomic E-state index is 0.182. The van der Waals surface area contributed by atoms with Gasteiger partial charge in [-0.1, -0.05) is 11.6 Å². The molecular formula is C11H12ClF3N2. The Bertz CT molecular complexity index is 402. The molecule has 1 saturated heterocycles. The van der Waals surface area contributed by atoms with E-state index in [1.165, 1.54) is 12.1 Å². The lowest BCUT2D eigenvalue weighted by atomic mass is 10.1. The zero-order chi connectivity index (χ0) is 12.5. The predicted molar refractivity (Wildman–Crippen MR) is 60.0 cm³/mol. The lowest BCUT2D eigenvalue weighted by Crippen LogP contribution is -2.55. The zero-order valence-corrected chi connectivity index (χ0v) is 9.70. The number of hydrogen-bond donors (Lipinski definition) is 2. The molecule has 1 aliphatic rings. The molecule has 0 aromatic heterocycles. The van der Waals surface area contributed by atoms with E-state index in [4.69, 9.17) is 11.6 Å². The molecule has 0 amide bonds. The fraction of sp³-hybridized carbons (Fsp3) is 0.455. The molecule has 0 bridgehead atoms. The van der Waals surface area contributed by atoms with Crippen LogP contribution in [-0.2, 0) is 12.7 Å². The van der Waals surface area contributed by atoms with E-state index in [9.17, 15) is 13.2 Å². The van der Waals surface area contributed by atoms with Gasteiger partial charge in [-0.3, -0.25) is 0 Å². The van der Waals surface area contributed by atoms with Crippen molar-refractivity contribution in [2.45, 2.75) is 18.8 Å². The van der Waals surface area contributed by atoms with Crippen LogP contribution in [0, 0.1) is 0 Å². The summed E-state index contributed by atoms with van der Waals surface area (Å²) in [6, 6.07) is 3.90. The molecule has 94 valence electrons. The molecule has 6 heteroatoms. The fourth-order valence-electron chi connectivity index (χ4n) is 1.67. The number of hydrogen-bond acceptors (Lipinski definition) is 2. The number of benzene rings is 1. The maximum absolute atomic E-state index is 12.7. The molecule has 0 radical (unpaired) electrons. The first-order chi connectivity index (χ1) is 7.97. The van der Waals surface area contributed by atoms with Crippen molar-refractivity contribution in [3.63, 3.8) is 0 Å². The molecule has 0 spiro atoms. The van der Waals surface area contributed by atoms with Crippen LogP contribution in [0.1, 0.15) is 11.1 Å². The van der Waals surface area contributed by atoms with Crippen LogP contribution in [0.4, 0.5) is 13.2 Å². The minimum Gasteiger partial charge on any atom is -0.314 e. The summed E-state index contributed by atoms with van der Waals surface area (Å²) in [4.78, 5) is 0. The molecule has 2 N–H and O–H groups in total. The minimum atomic E-state index is -4.33. The van der Waals surface area contributed by atoms with E-state index in [-0.39, 0.29) is 18.2 Å². The highest BCUT2D eigenvalue weighted by molar-refractivity contribution is 6.30. The van der Waals surface area contributed by atoms with E-state index >= 15 is 0 Å². The topological polar surface area (TPSA) is 24.1 Å². The van der Waals surface area contributed by atoms with Gasteiger partial charge in [0.25, 0.3) is 0 Å². The average molecular weight is 265 g/mol. The Labute approximate surface area is 102 Å². The van der Waals surface area contributed by atoms with Gasteiger partial charge in [0, 0.05) is 30.7 Å². The summed E-state index contributed by atoms with van der Waals surface area (Å²) in [6.07, 6.45) is -4.33. The number of halogens is 4. The Hall–Kier alpha value is -0.780. The molecule has 2 nitrogen and oxygen atoms in total. The second kappa shape index (κ2) is 4.84. The van der Waals surface area contributed by atoms with Gasteiger partial charge >= 0.3 is 6.18 Å². The van der Waals surface area contributed by atoms with Crippen LogP contribution < -0.4 is 10.6 Å². The molecule has 1 fully saturated rings. The van der Waals surface area contributed by atoms with Gasteiger partial charge in [-0.25, -0.2) is 0 Å². The molecule has 1 aromatic rings. The summed E-state index contributed by atoms with van der Waals surface area (Å²) in [5, 5.41) is 6.42. The van der Waals surface area contributed by atoms with E-state index < -0.39 is 11.7 Å². The van der Waals surface area contributed by atoms with Crippen LogP contribution in [0.2, 0.25) is 5.02 Å². The average Bonchev–Trinajstić information content (AvgIpc) is 2.13. The smallest absolute Gasteiger partial charge is 0.314 e. The molecule has 2 rings (SSSR count). The fourth-order valence-corrected chi connectivity index (χ4v) is 1.87. The number of nitrogens with one attached hydrogen (secondary N) is 2. The molecule has 1 aromatic carbocycles. The quantitative estimate of drug-likeness (QED) is 0.876. The summed E-state index contributed by atoms with van der Waals surface area (Å²) in [5.74, 6) is 0. The third-order valence-corrected chi connectivity index (χ3v) is 2.97. The van der Waals surface area contributed by atoms with Gasteiger partial charge in [0.2, 0.25) is 0 Å². The lowest BCUT2D eigenvalue weighted by Gasteiger charge is -2.28. The summed E-state index contributed by atoms with van der Waals surface area (Å²) in [7, 11) is 0. The summed E-state index contributed by atoms with van der Waals surface area (Å²) >= 11 is 5.72. The molecule has 0 saturated carbocycles. The van der Waals surface area contributed by atoms with E-state index in [1.807, 2.05) is 0 Å². The normalized spacial score (nSPS) is 16.9. The third-order valence-electron chi connectivity index (χ3n) is 2.74. The largest absolute Gasteiger partial charge is 0.416 e. The van der Waals surface area contributed by atoms with Crippen molar-refractivity contribution in [3.8, 4) is 0 Å². The van der Waals surface area contributed by atoms with Crippen LogP contribution in [0.5, 0.6) is 0 Å². The van der Waals surface area contributed by atoms with Crippen molar-refractivity contribution in [1.29, 1.82) is 0 Å². The summed E-state index contributed by atoms with van der Waals surface area (Å²) in [6.45, 7) is 1.77. The molecule has 0 atom stereocenters. The Morgan fingerprint density at radius 3 is 2.59 bits per heavy atom. The van der Waals surface area contributed by atoms with Crippen LogP contribution in [0.15, 0.2) is 18.2 Å².